The van der Waals surface area contributed by atoms with Crippen LogP contribution in [0.5, 0.6) is 0 Å². The van der Waals surface area contributed by atoms with Crippen molar-refractivity contribution >= 4 is 40.0 Å². The molecule has 1 unspecified atom stereocenters. The van der Waals surface area contributed by atoms with E-state index in [1.54, 1.807) is 28.9 Å². The van der Waals surface area contributed by atoms with Gasteiger partial charge in [-0.1, -0.05) is 23.7 Å². The van der Waals surface area contributed by atoms with Crippen molar-refractivity contribution in [3.8, 4) is 0 Å². The summed E-state index contributed by atoms with van der Waals surface area (Å²) in [5.74, 6) is 0. The van der Waals surface area contributed by atoms with Crippen molar-refractivity contribution < 1.29 is 0 Å². The van der Waals surface area contributed by atoms with E-state index in [1.807, 2.05) is 13.0 Å². The lowest BCUT2D eigenvalue weighted by atomic mass is 10.1. The van der Waals surface area contributed by atoms with Crippen molar-refractivity contribution in [3.05, 3.63) is 67.8 Å². The van der Waals surface area contributed by atoms with Gasteiger partial charge in [0.15, 0.2) is 0 Å². The van der Waals surface area contributed by atoms with Gasteiger partial charge in [0.2, 0.25) is 0 Å². The summed E-state index contributed by atoms with van der Waals surface area (Å²) in [6, 6.07) is 10.8. The molecule has 0 bridgehead atoms. The minimum Gasteiger partial charge on any atom is -0.376 e. The zero-order valence-corrected chi connectivity index (χ0v) is 13.9. The Labute approximate surface area is 137 Å². The molecule has 0 saturated carbocycles. The maximum atomic E-state index is 6.00. The second kappa shape index (κ2) is 6.60. The first-order valence-corrected chi connectivity index (χ1v) is 8.80. The maximum absolute atomic E-state index is 6.00. The lowest BCUT2D eigenvalue weighted by Crippen LogP contribution is -2.12. The van der Waals surface area contributed by atoms with Gasteiger partial charge in [0.05, 0.1) is 17.9 Å². The van der Waals surface area contributed by atoms with Crippen LogP contribution < -0.4 is 5.32 Å². The maximum Gasteiger partial charge on any atom is 0.132 e. The number of halogens is 1. The zero-order chi connectivity index (χ0) is 14.7. The summed E-state index contributed by atoms with van der Waals surface area (Å²) < 4.78 is 0. The molecule has 0 amide bonds. The van der Waals surface area contributed by atoms with E-state index in [2.05, 4.69) is 45.3 Å². The molecule has 0 spiro atoms. The molecule has 108 valence electrons. The van der Waals surface area contributed by atoms with Gasteiger partial charge in [-0.25, -0.2) is 4.98 Å². The summed E-state index contributed by atoms with van der Waals surface area (Å²) in [4.78, 5) is 6.92. The van der Waals surface area contributed by atoms with E-state index in [-0.39, 0.29) is 6.04 Å². The standard InChI is InChI=1S/C16H15ClN2S2/c1-11-8-12(10-18-16(11)17)19-14(15-5-3-7-21-15)9-13-4-2-6-20-13/h2-8,10,14,19H,9H2,1H3. The molecule has 3 aromatic rings. The van der Waals surface area contributed by atoms with E-state index < -0.39 is 0 Å². The topological polar surface area (TPSA) is 24.9 Å². The van der Waals surface area contributed by atoms with Crippen molar-refractivity contribution in [2.75, 3.05) is 5.32 Å². The Bertz CT molecular complexity index is 693. The second-order valence-corrected chi connectivity index (χ2v) is 7.20. The fourth-order valence-electron chi connectivity index (χ4n) is 2.18. The number of thiophene rings is 2. The summed E-state index contributed by atoms with van der Waals surface area (Å²) in [7, 11) is 0. The highest BCUT2D eigenvalue weighted by Gasteiger charge is 2.14. The van der Waals surface area contributed by atoms with Crippen molar-refractivity contribution in [1.82, 2.24) is 4.98 Å². The summed E-state index contributed by atoms with van der Waals surface area (Å²) in [6.45, 7) is 1.97. The SMILES string of the molecule is Cc1cc(NC(Cc2cccs2)c2cccs2)cnc1Cl. The van der Waals surface area contributed by atoms with Gasteiger partial charge in [0, 0.05) is 16.2 Å². The summed E-state index contributed by atoms with van der Waals surface area (Å²) in [5, 5.41) is 8.38. The van der Waals surface area contributed by atoms with E-state index in [4.69, 9.17) is 11.6 Å². The van der Waals surface area contributed by atoms with Gasteiger partial charge >= 0.3 is 0 Å². The molecule has 0 aromatic carbocycles. The van der Waals surface area contributed by atoms with Gasteiger partial charge in [-0.15, -0.1) is 22.7 Å². The molecule has 1 N–H and O–H groups in total. The van der Waals surface area contributed by atoms with Crippen LogP contribution in [-0.4, -0.2) is 4.98 Å². The van der Waals surface area contributed by atoms with Crippen molar-refractivity contribution in [2.45, 2.75) is 19.4 Å². The molecule has 0 saturated heterocycles. The first-order valence-electron chi connectivity index (χ1n) is 6.67. The van der Waals surface area contributed by atoms with Crippen LogP contribution in [0.25, 0.3) is 0 Å². The predicted molar refractivity (Wildman–Crippen MR) is 92.7 cm³/mol. The number of pyridine rings is 1. The molecular weight excluding hydrogens is 320 g/mol. The lowest BCUT2D eigenvalue weighted by molar-refractivity contribution is 0.801. The monoisotopic (exact) mass is 334 g/mol. The van der Waals surface area contributed by atoms with Crippen molar-refractivity contribution in [1.29, 1.82) is 0 Å². The van der Waals surface area contributed by atoms with Crippen LogP contribution in [0.4, 0.5) is 5.69 Å². The summed E-state index contributed by atoms with van der Waals surface area (Å²) in [6.07, 6.45) is 2.77. The van der Waals surface area contributed by atoms with Crippen LogP contribution in [0.15, 0.2) is 47.3 Å². The molecule has 3 rings (SSSR count). The minimum atomic E-state index is 0.256. The van der Waals surface area contributed by atoms with Crippen LogP contribution in [-0.2, 0) is 6.42 Å². The Balaban J connectivity index is 1.83. The van der Waals surface area contributed by atoms with Gasteiger partial charge in [-0.3, -0.25) is 0 Å². The average Bonchev–Trinajstić information content (AvgIpc) is 3.15. The summed E-state index contributed by atoms with van der Waals surface area (Å²) >= 11 is 9.56. The van der Waals surface area contributed by atoms with E-state index in [0.717, 1.165) is 17.7 Å². The van der Waals surface area contributed by atoms with E-state index in [9.17, 15) is 0 Å². The fourth-order valence-corrected chi connectivity index (χ4v) is 3.81. The number of hydrogen-bond donors (Lipinski definition) is 1. The number of aromatic nitrogens is 1. The molecule has 21 heavy (non-hydrogen) atoms. The van der Waals surface area contributed by atoms with Crippen LogP contribution in [0.2, 0.25) is 5.15 Å². The quantitative estimate of drug-likeness (QED) is 0.617. The third-order valence-electron chi connectivity index (χ3n) is 3.23. The van der Waals surface area contributed by atoms with Gasteiger partial charge in [-0.2, -0.15) is 0 Å². The largest absolute Gasteiger partial charge is 0.376 e. The Morgan fingerprint density at radius 3 is 2.71 bits per heavy atom. The molecular formula is C16H15ClN2S2. The molecule has 0 aliphatic carbocycles. The molecule has 3 aromatic heterocycles. The molecule has 0 fully saturated rings. The minimum absolute atomic E-state index is 0.256. The highest BCUT2D eigenvalue weighted by Crippen LogP contribution is 2.29. The highest BCUT2D eigenvalue weighted by atomic mass is 35.5. The summed E-state index contributed by atoms with van der Waals surface area (Å²) in [5.41, 5.74) is 1.99. The number of rotatable bonds is 5. The fraction of sp³-hybridized carbons (Fsp3) is 0.188. The van der Waals surface area contributed by atoms with Crippen molar-refractivity contribution in [2.24, 2.45) is 0 Å². The highest BCUT2D eigenvalue weighted by molar-refractivity contribution is 7.10. The molecule has 0 radical (unpaired) electrons. The normalized spacial score (nSPS) is 12.3. The third kappa shape index (κ3) is 3.64. The number of nitrogens with zero attached hydrogens (tertiary/aromatic N) is 1. The third-order valence-corrected chi connectivity index (χ3v) is 5.51. The van der Waals surface area contributed by atoms with E-state index >= 15 is 0 Å². The Kier molecular flexibility index (Phi) is 4.58. The van der Waals surface area contributed by atoms with Crippen LogP contribution in [0, 0.1) is 6.92 Å². The smallest absolute Gasteiger partial charge is 0.132 e. The Morgan fingerprint density at radius 2 is 2.05 bits per heavy atom. The zero-order valence-electron chi connectivity index (χ0n) is 11.5. The van der Waals surface area contributed by atoms with Crippen LogP contribution >= 0.6 is 34.3 Å². The molecule has 1 atom stereocenters. The van der Waals surface area contributed by atoms with Gasteiger partial charge < -0.3 is 5.32 Å². The molecule has 3 heterocycles. The Hall–Kier alpha value is -1.36. The first kappa shape index (κ1) is 14.6. The average molecular weight is 335 g/mol. The van der Waals surface area contributed by atoms with E-state index in [1.165, 1.54) is 9.75 Å². The second-order valence-electron chi connectivity index (χ2n) is 4.83. The lowest BCUT2D eigenvalue weighted by Gasteiger charge is -2.18. The molecule has 0 aliphatic heterocycles. The number of anilines is 1. The number of aryl methyl sites for hydroxylation is 1. The van der Waals surface area contributed by atoms with Gasteiger partial charge in [0.25, 0.3) is 0 Å². The van der Waals surface area contributed by atoms with Crippen LogP contribution in [0.3, 0.4) is 0 Å². The van der Waals surface area contributed by atoms with Gasteiger partial charge in [-0.05, 0) is 41.4 Å². The molecule has 0 aliphatic rings. The molecule has 2 nitrogen and oxygen atoms in total. The molecule has 5 heteroatoms. The van der Waals surface area contributed by atoms with E-state index in [0.29, 0.717) is 5.15 Å². The number of hydrogen-bond acceptors (Lipinski definition) is 4. The van der Waals surface area contributed by atoms with Gasteiger partial charge in [0.1, 0.15) is 5.15 Å². The van der Waals surface area contributed by atoms with Crippen molar-refractivity contribution in [3.63, 3.8) is 0 Å². The predicted octanol–water partition coefficient (Wildman–Crippen LogP) is 5.56. The van der Waals surface area contributed by atoms with Crippen LogP contribution in [0.1, 0.15) is 21.4 Å². The first-order chi connectivity index (χ1) is 10.2. The Morgan fingerprint density at radius 1 is 1.24 bits per heavy atom. The number of nitrogens with one attached hydrogen (secondary N) is 1.